The van der Waals surface area contributed by atoms with Crippen LogP contribution in [-0.2, 0) is 4.57 Å². The van der Waals surface area contributed by atoms with E-state index < -0.39 is 13.3 Å². The summed E-state index contributed by atoms with van der Waals surface area (Å²) in [7, 11) is -4.11. The average Bonchev–Trinajstić information content (AvgIpc) is 2.33. The van der Waals surface area contributed by atoms with Crippen LogP contribution in [0.4, 0.5) is 0 Å². The Kier molecular flexibility index (Phi) is 6.07. The fourth-order valence-corrected chi connectivity index (χ4v) is 3.91. The standard InChI is InChI=1S/C14H23O3P/c1-3-5-9-12(4-2)14(18(15,16)17)13-10-7-6-8-11-13/h6-8,10-12,14H,3-5,9H2,1-2H3,(H2,15,16,17). The first-order valence-electron chi connectivity index (χ1n) is 6.60. The zero-order chi connectivity index (χ0) is 13.6. The fraction of sp³-hybridized carbons (Fsp3) is 0.571. The van der Waals surface area contributed by atoms with Gasteiger partial charge in [0, 0.05) is 0 Å². The molecule has 2 atom stereocenters. The van der Waals surface area contributed by atoms with Crippen molar-refractivity contribution in [2.24, 2.45) is 5.92 Å². The lowest BCUT2D eigenvalue weighted by Gasteiger charge is -2.27. The molecule has 0 heterocycles. The van der Waals surface area contributed by atoms with Crippen LogP contribution in [0.15, 0.2) is 30.3 Å². The predicted octanol–water partition coefficient (Wildman–Crippen LogP) is 4.12. The van der Waals surface area contributed by atoms with Crippen LogP contribution in [0.2, 0.25) is 0 Å². The van der Waals surface area contributed by atoms with Gasteiger partial charge >= 0.3 is 7.60 Å². The molecule has 4 heteroatoms. The Morgan fingerprint density at radius 2 is 1.78 bits per heavy atom. The van der Waals surface area contributed by atoms with Crippen LogP contribution in [0.25, 0.3) is 0 Å². The van der Waals surface area contributed by atoms with E-state index in [4.69, 9.17) is 0 Å². The van der Waals surface area contributed by atoms with Crippen molar-refractivity contribution in [2.75, 3.05) is 0 Å². The minimum Gasteiger partial charge on any atom is -0.324 e. The molecule has 0 aliphatic rings. The molecule has 102 valence electrons. The summed E-state index contributed by atoms with van der Waals surface area (Å²) in [6, 6.07) is 9.18. The van der Waals surface area contributed by atoms with Crippen molar-refractivity contribution in [2.45, 2.75) is 45.2 Å². The molecule has 0 radical (unpaired) electrons. The van der Waals surface area contributed by atoms with Crippen molar-refractivity contribution in [1.82, 2.24) is 0 Å². The van der Waals surface area contributed by atoms with Gasteiger partial charge in [-0.3, -0.25) is 4.57 Å². The fourth-order valence-electron chi connectivity index (χ4n) is 2.44. The zero-order valence-corrected chi connectivity index (χ0v) is 12.0. The number of rotatable bonds is 7. The first-order chi connectivity index (χ1) is 8.50. The van der Waals surface area contributed by atoms with E-state index in [2.05, 4.69) is 6.92 Å². The van der Waals surface area contributed by atoms with E-state index in [-0.39, 0.29) is 5.92 Å². The van der Waals surface area contributed by atoms with Gasteiger partial charge in [0.2, 0.25) is 0 Å². The Hall–Kier alpha value is -0.630. The largest absolute Gasteiger partial charge is 0.333 e. The van der Waals surface area contributed by atoms with E-state index >= 15 is 0 Å². The summed E-state index contributed by atoms with van der Waals surface area (Å²) in [6.45, 7) is 4.10. The molecule has 0 amide bonds. The molecule has 0 bridgehead atoms. The van der Waals surface area contributed by atoms with Gasteiger partial charge in [0.1, 0.15) is 0 Å². The predicted molar refractivity (Wildman–Crippen MR) is 74.5 cm³/mol. The van der Waals surface area contributed by atoms with Crippen LogP contribution in [0.5, 0.6) is 0 Å². The van der Waals surface area contributed by atoms with E-state index in [0.29, 0.717) is 0 Å². The highest BCUT2D eigenvalue weighted by atomic mass is 31.2. The van der Waals surface area contributed by atoms with Gasteiger partial charge in [-0.15, -0.1) is 0 Å². The van der Waals surface area contributed by atoms with E-state index in [1.165, 1.54) is 0 Å². The lowest BCUT2D eigenvalue weighted by molar-refractivity contribution is 0.320. The summed E-state index contributed by atoms with van der Waals surface area (Å²) < 4.78 is 11.8. The van der Waals surface area contributed by atoms with Crippen molar-refractivity contribution in [3.63, 3.8) is 0 Å². The molecule has 1 aromatic carbocycles. The molecule has 2 N–H and O–H groups in total. The maximum absolute atomic E-state index is 11.8. The highest BCUT2D eigenvalue weighted by Crippen LogP contribution is 2.57. The van der Waals surface area contributed by atoms with E-state index in [1.807, 2.05) is 37.3 Å². The first kappa shape index (κ1) is 15.4. The van der Waals surface area contributed by atoms with Crippen LogP contribution in [0, 0.1) is 5.92 Å². The van der Waals surface area contributed by atoms with Gasteiger partial charge in [0.05, 0.1) is 5.66 Å². The normalized spacial score (nSPS) is 15.3. The lowest BCUT2D eigenvalue weighted by atomic mass is 9.91. The molecule has 0 saturated heterocycles. The van der Waals surface area contributed by atoms with Crippen molar-refractivity contribution in [3.8, 4) is 0 Å². The Morgan fingerprint density at radius 1 is 1.17 bits per heavy atom. The third-order valence-electron chi connectivity index (χ3n) is 3.40. The Bertz CT molecular complexity index is 385. The third kappa shape index (κ3) is 4.24. The van der Waals surface area contributed by atoms with Crippen LogP contribution >= 0.6 is 7.60 Å². The van der Waals surface area contributed by atoms with Gasteiger partial charge in [-0.2, -0.15) is 0 Å². The third-order valence-corrected chi connectivity index (χ3v) is 4.85. The first-order valence-corrected chi connectivity index (χ1v) is 8.29. The van der Waals surface area contributed by atoms with Crippen molar-refractivity contribution < 1.29 is 14.4 Å². The molecule has 0 aliphatic carbocycles. The number of benzene rings is 1. The number of hydrogen-bond donors (Lipinski definition) is 2. The highest BCUT2D eigenvalue weighted by Gasteiger charge is 2.36. The summed E-state index contributed by atoms with van der Waals surface area (Å²) in [4.78, 5) is 19.3. The summed E-state index contributed by atoms with van der Waals surface area (Å²) in [6.07, 6.45) is 3.74. The Balaban J connectivity index is 3.01. The molecule has 0 spiro atoms. The Morgan fingerprint density at radius 3 is 2.22 bits per heavy atom. The second-order valence-corrected chi connectivity index (χ2v) is 6.49. The Labute approximate surface area is 109 Å². The van der Waals surface area contributed by atoms with Crippen LogP contribution < -0.4 is 0 Å². The average molecular weight is 270 g/mol. The molecule has 1 aromatic rings. The molecular formula is C14H23O3P. The number of unbranched alkanes of at least 4 members (excludes halogenated alkanes) is 1. The minimum absolute atomic E-state index is 0.0492. The van der Waals surface area contributed by atoms with Gasteiger partial charge in [-0.25, -0.2) is 0 Å². The highest BCUT2D eigenvalue weighted by molar-refractivity contribution is 7.52. The van der Waals surface area contributed by atoms with Crippen molar-refractivity contribution >= 4 is 7.60 Å². The molecule has 18 heavy (non-hydrogen) atoms. The molecule has 2 unspecified atom stereocenters. The SMILES string of the molecule is CCCCC(CC)C(c1ccccc1)P(=O)(O)O. The summed E-state index contributed by atoms with van der Waals surface area (Å²) in [5, 5.41) is 0. The maximum Gasteiger partial charge on any atom is 0.333 e. The van der Waals surface area contributed by atoms with Gasteiger partial charge in [-0.05, 0) is 17.9 Å². The van der Waals surface area contributed by atoms with Crippen LogP contribution in [0.1, 0.15) is 50.8 Å². The topological polar surface area (TPSA) is 57.5 Å². The van der Waals surface area contributed by atoms with Crippen LogP contribution in [-0.4, -0.2) is 9.79 Å². The molecule has 0 saturated carbocycles. The lowest BCUT2D eigenvalue weighted by Crippen LogP contribution is -2.13. The monoisotopic (exact) mass is 270 g/mol. The molecule has 0 aromatic heterocycles. The van der Waals surface area contributed by atoms with Crippen molar-refractivity contribution in [1.29, 1.82) is 0 Å². The van der Waals surface area contributed by atoms with E-state index in [9.17, 15) is 14.4 Å². The van der Waals surface area contributed by atoms with Gasteiger partial charge in [0.15, 0.2) is 0 Å². The molecule has 0 aliphatic heterocycles. The summed E-state index contributed by atoms with van der Waals surface area (Å²) in [5.74, 6) is 0.0492. The molecular weight excluding hydrogens is 247 g/mol. The van der Waals surface area contributed by atoms with Gasteiger partial charge < -0.3 is 9.79 Å². The second-order valence-electron chi connectivity index (χ2n) is 4.76. The summed E-state index contributed by atoms with van der Waals surface area (Å²) in [5.41, 5.74) is 0.101. The van der Waals surface area contributed by atoms with Gasteiger partial charge in [0.25, 0.3) is 0 Å². The van der Waals surface area contributed by atoms with Crippen LogP contribution in [0.3, 0.4) is 0 Å². The van der Waals surface area contributed by atoms with Gasteiger partial charge in [-0.1, -0.05) is 63.4 Å². The molecule has 0 fully saturated rings. The van der Waals surface area contributed by atoms with E-state index in [1.54, 1.807) is 0 Å². The number of hydrogen-bond acceptors (Lipinski definition) is 1. The quantitative estimate of drug-likeness (QED) is 0.733. The smallest absolute Gasteiger partial charge is 0.324 e. The molecule has 1 rings (SSSR count). The second kappa shape index (κ2) is 7.08. The zero-order valence-electron chi connectivity index (χ0n) is 11.1. The van der Waals surface area contributed by atoms with E-state index in [0.717, 1.165) is 31.2 Å². The summed E-state index contributed by atoms with van der Waals surface area (Å²) >= 11 is 0. The maximum atomic E-state index is 11.8. The van der Waals surface area contributed by atoms with Crippen molar-refractivity contribution in [3.05, 3.63) is 35.9 Å². The minimum atomic E-state index is -4.11. The molecule has 3 nitrogen and oxygen atoms in total.